The second kappa shape index (κ2) is 6.95. The molecule has 0 spiro atoms. The average molecular weight is 310 g/mol. The molecule has 23 heavy (non-hydrogen) atoms. The number of aliphatic hydroxyl groups is 1. The predicted octanol–water partition coefficient (Wildman–Crippen LogP) is 3.05. The zero-order chi connectivity index (χ0) is 17.0. The summed E-state index contributed by atoms with van der Waals surface area (Å²) in [4.78, 5) is 0. The quantitative estimate of drug-likeness (QED) is 0.915. The van der Waals surface area contributed by atoms with Gasteiger partial charge in [0, 0.05) is 5.56 Å². The van der Waals surface area contributed by atoms with E-state index in [1.165, 1.54) is 6.07 Å². The van der Waals surface area contributed by atoms with Crippen molar-refractivity contribution < 1.29 is 9.84 Å². The molecule has 2 rings (SSSR count). The Morgan fingerprint density at radius 2 is 1.83 bits per heavy atom. The average Bonchev–Trinajstić information content (AvgIpc) is 2.91. The number of nitrogens with zero attached hydrogens (tertiary/aromatic N) is 4. The minimum atomic E-state index is -0.166. The van der Waals surface area contributed by atoms with Crippen molar-refractivity contribution in [1.29, 1.82) is 10.5 Å². The highest BCUT2D eigenvalue weighted by Crippen LogP contribution is 2.32. The minimum Gasteiger partial charge on any atom is -0.439 e. The summed E-state index contributed by atoms with van der Waals surface area (Å²) in [5, 5.41) is 32.0. The molecule has 1 heterocycles. The molecule has 0 amide bonds. The smallest absolute Gasteiger partial charge is 0.221 e. The van der Waals surface area contributed by atoms with Crippen molar-refractivity contribution in [2.75, 3.05) is 0 Å². The van der Waals surface area contributed by atoms with E-state index in [-0.39, 0.29) is 12.6 Å². The van der Waals surface area contributed by atoms with E-state index in [2.05, 4.69) is 5.10 Å². The van der Waals surface area contributed by atoms with E-state index < -0.39 is 0 Å². The first-order valence-corrected chi connectivity index (χ1v) is 7.38. The van der Waals surface area contributed by atoms with E-state index >= 15 is 0 Å². The lowest BCUT2D eigenvalue weighted by Gasteiger charge is -2.13. The molecule has 0 atom stereocenters. The molecule has 0 saturated carbocycles. The summed E-state index contributed by atoms with van der Waals surface area (Å²) in [5.41, 5.74) is 2.11. The van der Waals surface area contributed by atoms with Crippen molar-refractivity contribution in [1.82, 2.24) is 9.78 Å². The lowest BCUT2D eigenvalue weighted by Crippen LogP contribution is -2.06. The Balaban J connectivity index is 2.54. The third-order valence-corrected chi connectivity index (χ3v) is 3.41. The van der Waals surface area contributed by atoms with Crippen LogP contribution in [0.4, 0.5) is 0 Å². The van der Waals surface area contributed by atoms with Crippen molar-refractivity contribution in [2.24, 2.45) is 0 Å². The van der Waals surface area contributed by atoms with Gasteiger partial charge < -0.3 is 9.84 Å². The number of rotatable bonds is 5. The summed E-state index contributed by atoms with van der Waals surface area (Å²) in [7, 11) is 0. The molecule has 6 heteroatoms. The van der Waals surface area contributed by atoms with Gasteiger partial charge in [0.2, 0.25) is 5.88 Å². The fourth-order valence-electron chi connectivity index (χ4n) is 2.34. The molecular weight excluding hydrogens is 292 g/mol. The van der Waals surface area contributed by atoms with Crippen LogP contribution in [0.2, 0.25) is 0 Å². The summed E-state index contributed by atoms with van der Waals surface area (Å²) >= 11 is 0. The zero-order valence-electron chi connectivity index (χ0n) is 13.4. The van der Waals surface area contributed by atoms with Crippen LogP contribution in [0, 0.1) is 22.7 Å². The molecule has 1 N–H and O–H groups in total. The van der Waals surface area contributed by atoms with Gasteiger partial charge in [0.05, 0.1) is 41.6 Å². The molecule has 0 aliphatic heterocycles. The number of hydrogen-bond donors (Lipinski definition) is 1. The number of aromatic nitrogens is 2. The van der Waals surface area contributed by atoms with Gasteiger partial charge >= 0.3 is 0 Å². The Morgan fingerprint density at radius 3 is 2.26 bits per heavy atom. The minimum absolute atomic E-state index is 0.0465. The van der Waals surface area contributed by atoms with Crippen LogP contribution in [-0.2, 0) is 13.0 Å². The van der Waals surface area contributed by atoms with Crippen LogP contribution < -0.4 is 4.74 Å². The Kier molecular flexibility index (Phi) is 5.00. The fourth-order valence-corrected chi connectivity index (χ4v) is 2.34. The monoisotopic (exact) mass is 310 g/mol. The van der Waals surface area contributed by atoms with Gasteiger partial charge in [0.15, 0.2) is 0 Å². The predicted molar refractivity (Wildman–Crippen MR) is 83.9 cm³/mol. The topological polar surface area (TPSA) is 94.9 Å². The van der Waals surface area contributed by atoms with Gasteiger partial charge in [-0.15, -0.1) is 0 Å². The lowest BCUT2D eigenvalue weighted by molar-refractivity contribution is 0.273. The van der Waals surface area contributed by atoms with Crippen molar-refractivity contribution in [2.45, 2.75) is 39.8 Å². The zero-order valence-corrected chi connectivity index (χ0v) is 13.4. The first-order chi connectivity index (χ1) is 11.0. The van der Waals surface area contributed by atoms with E-state index in [4.69, 9.17) is 15.3 Å². The van der Waals surface area contributed by atoms with Crippen molar-refractivity contribution in [3.05, 3.63) is 40.6 Å². The maximum absolute atomic E-state index is 9.48. The summed E-state index contributed by atoms with van der Waals surface area (Å²) in [6.07, 6.45) is 0.654. The second-order valence-corrected chi connectivity index (χ2v) is 5.35. The molecule has 0 unspecified atom stereocenters. The summed E-state index contributed by atoms with van der Waals surface area (Å²) in [5.74, 6) is 0.937. The number of ether oxygens (including phenoxy) is 1. The van der Waals surface area contributed by atoms with Crippen LogP contribution in [0.5, 0.6) is 11.6 Å². The third-order valence-electron chi connectivity index (χ3n) is 3.41. The van der Waals surface area contributed by atoms with Crippen molar-refractivity contribution in [3.8, 4) is 23.8 Å². The Labute approximate surface area is 135 Å². The van der Waals surface area contributed by atoms with Crippen LogP contribution in [0.25, 0.3) is 0 Å². The normalized spacial score (nSPS) is 10.4. The Bertz CT molecular complexity index is 762. The maximum atomic E-state index is 9.48. The van der Waals surface area contributed by atoms with E-state index in [9.17, 15) is 5.11 Å². The molecule has 6 nitrogen and oxygen atoms in total. The van der Waals surface area contributed by atoms with Gasteiger partial charge in [-0.2, -0.15) is 15.6 Å². The number of nitriles is 2. The molecule has 0 saturated heterocycles. The summed E-state index contributed by atoms with van der Waals surface area (Å²) in [6.45, 7) is 5.72. The van der Waals surface area contributed by atoms with Gasteiger partial charge in [0.1, 0.15) is 5.75 Å². The standard InChI is InChI=1S/C17H18N4O2/c1-4-15-16(10-22)20-21(11(2)3)17(15)23-14-6-12(8-18)5-13(7-14)9-19/h5-7,11,22H,4,10H2,1-3H3. The highest BCUT2D eigenvalue weighted by molar-refractivity contribution is 5.47. The molecule has 118 valence electrons. The number of aliphatic hydroxyl groups excluding tert-OH is 1. The molecule has 0 aliphatic carbocycles. The second-order valence-electron chi connectivity index (χ2n) is 5.35. The number of benzene rings is 1. The van der Waals surface area contributed by atoms with Crippen molar-refractivity contribution in [3.63, 3.8) is 0 Å². The van der Waals surface area contributed by atoms with E-state index in [1.54, 1.807) is 16.8 Å². The highest BCUT2D eigenvalue weighted by Gasteiger charge is 2.20. The highest BCUT2D eigenvalue weighted by atomic mass is 16.5. The van der Waals surface area contributed by atoms with E-state index in [0.29, 0.717) is 34.9 Å². The van der Waals surface area contributed by atoms with Gasteiger partial charge in [0.25, 0.3) is 0 Å². The van der Waals surface area contributed by atoms with E-state index in [0.717, 1.165) is 5.56 Å². The largest absolute Gasteiger partial charge is 0.439 e. The van der Waals surface area contributed by atoms with Gasteiger partial charge in [-0.3, -0.25) is 0 Å². The first kappa shape index (κ1) is 16.5. The van der Waals surface area contributed by atoms with Crippen molar-refractivity contribution >= 4 is 0 Å². The van der Waals surface area contributed by atoms with Crippen LogP contribution in [0.1, 0.15) is 49.2 Å². The molecule has 1 aromatic carbocycles. The summed E-state index contributed by atoms with van der Waals surface area (Å²) in [6, 6.07) is 8.75. The third kappa shape index (κ3) is 3.33. The summed E-state index contributed by atoms with van der Waals surface area (Å²) < 4.78 is 7.65. The molecular formula is C17H18N4O2. The number of hydrogen-bond acceptors (Lipinski definition) is 5. The molecule has 0 radical (unpaired) electrons. The first-order valence-electron chi connectivity index (χ1n) is 7.38. The van der Waals surface area contributed by atoms with E-state index in [1.807, 2.05) is 32.9 Å². The lowest BCUT2D eigenvalue weighted by atomic mass is 10.1. The van der Waals surface area contributed by atoms with Crippen LogP contribution in [0.15, 0.2) is 18.2 Å². The molecule has 0 fully saturated rings. The molecule has 0 bridgehead atoms. The van der Waals surface area contributed by atoms with Gasteiger partial charge in [-0.1, -0.05) is 6.92 Å². The van der Waals surface area contributed by atoms with Crippen LogP contribution in [-0.4, -0.2) is 14.9 Å². The van der Waals surface area contributed by atoms with Crippen LogP contribution >= 0.6 is 0 Å². The maximum Gasteiger partial charge on any atom is 0.221 e. The fraction of sp³-hybridized carbons (Fsp3) is 0.353. The van der Waals surface area contributed by atoms with Gasteiger partial charge in [-0.05, 0) is 38.5 Å². The molecule has 2 aromatic rings. The van der Waals surface area contributed by atoms with Gasteiger partial charge in [-0.25, -0.2) is 4.68 Å². The van der Waals surface area contributed by atoms with Crippen LogP contribution in [0.3, 0.4) is 0 Å². The SMILES string of the molecule is CCc1c(CO)nn(C(C)C)c1Oc1cc(C#N)cc(C#N)c1. The Hall–Kier alpha value is -2.83. The Morgan fingerprint density at radius 1 is 1.22 bits per heavy atom. The molecule has 1 aromatic heterocycles. The molecule has 0 aliphatic rings.